The van der Waals surface area contributed by atoms with E-state index >= 15 is 0 Å². The van der Waals surface area contributed by atoms with E-state index in [1.807, 2.05) is 17.0 Å². The smallest absolute Gasteiger partial charge is 0.279 e. The molecule has 2 saturated heterocycles. The van der Waals surface area contributed by atoms with Gasteiger partial charge in [-0.25, -0.2) is 4.98 Å². The summed E-state index contributed by atoms with van der Waals surface area (Å²) in [5.74, 6) is 0.870. The minimum Gasteiger partial charge on any atom is -0.353 e. The zero-order valence-electron chi connectivity index (χ0n) is 14.5. The SMILES string of the molecule is CC(=O)N1CCN(c2ncccc2CNS(=O)(=O)N2CCCC2)CC1. The van der Waals surface area contributed by atoms with Gasteiger partial charge in [0, 0.05) is 64.5 Å². The largest absolute Gasteiger partial charge is 0.353 e. The average Bonchev–Trinajstić information content (AvgIpc) is 3.16. The lowest BCUT2D eigenvalue weighted by molar-refractivity contribution is -0.129. The molecule has 0 aromatic carbocycles. The molecule has 138 valence electrons. The van der Waals surface area contributed by atoms with E-state index in [2.05, 4.69) is 14.6 Å². The first kappa shape index (κ1) is 18.1. The van der Waals surface area contributed by atoms with Crippen molar-refractivity contribution in [2.75, 3.05) is 44.2 Å². The summed E-state index contributed by atoms with van der Waals surface area (Å²) in [5, 5.41) is 0. The van der Waals surface area contributed by atoms with Crippen molar-refractivity contribution in [1.29, 1.82) is 0 Å². The number of carbonyl (C=O) groups excluding carboxylic acids is 1. The molecule has 0 atom stereocenters. The molecule has 3 rings (SSSR count). The molecule has 0 aliphatic carbocycles. The number of carbonyl (C=O) groups is 1. The molecule has 3 heterocycles. The van der Waals surface area contributed by atoms with Crippen LogP contribution < -0.4 is 9.62 Å². The van der Waals surface area contributed by atoms with Gasteiger partial charge >= 0.3 is 0 Å². The van der Waals surface area contributed by atoms with Crippen LogP contribution in [0.15, 0.2) is 18.3 Å². The van der Waals surface area contributed by atoms with Crippen molar-refractivity contribution < 1.29 is 13.2 Å². The lowest BCUT2D eigenvalue weighted by atomic mass is 10.2. The van der Waals surface area contributed by atoms with Crippen LogP contribution in [0.2, 0.25) is 0 Å². The van der Waals surface area contributed by atoms with Gasteiger partial charge in [-0.1, -0.05) is 6.07 Å². The Hall–Kier alpha value is -1.71. The number of pyridine rings is 1. The molecular formula is C16H25N5O3S. The number of nitrogens with one attached hydrogen (secondary N) is 1. The summed E-state index contributed by atoms with van der Waals surface area (Å²) >= 11 is 0. The zero-order chi connectivity index (χ0) is 17.9. The maximum atomic E-state index is 12.3. The van der Waals surface area contributed by atoms with Crippen LogP contribution in [0.25, 0.3) is 0 Å². The highest BCUT2D eigenvalue weighted by Crippen LogP contribution is 2.20. The Bertz CT molecular complexity index is 710. The van der Waals surface area contributed by atoms with Gasteiger partial charge in [0.1, 0.15) is 5.82 Å². The molecule has 0 radical (unpaired) electrons. The van der Waals surface area contributed by atoms with Gasteiger partial charge in [0.25, 0.3) is 10.2 Å². The van der Waals surface area contributed by atoms with Gasteiger partial charge < -0.3 is 9.80 Å². The lowest BCUT2D eigenvalue weighted by Gasteiger charge is -2.35. The van der Waals surface area contributed by atoms with E-state index in [1.165, 1.54) is 4.31 Å². The molecule has 0 saturated carbocycles. The van der Waals surface area contributed by atoms with Crippen LogP contribution >= 0.6 is 0 Å². The number of anilines is 1. The fourth-order valence-electron chi connectivity index (χ4n) is 3.27. The molecule has 1 aromatic heterocycles. The van der Waals surface area contributed by atoms with Crippen LogP contribution in [0, 0.1) is 0 Å². The summed E-state index contributed by atoms with van der Waals surface area (Å²) in [6, 6.07) is 3.71. The standard InChI is InChI=1S/C16H25N5O3S/c1-14(22)19-9-11-20(12-10-19)16-15(5-4-6-17-16)13-18-25(23,24)21-7-2-3-8-21/h4-6,18H,2-3,7-13H2,1H3. The number of hydrogen-bond donors (Lipinski definition) is 1. The molecule has 2 aliphatic heterocycles. The van der Waals surface area contributed by atoms with Crippen LogP contribution in [0.3, 0.4) is 0 Å². The van der Waals surface area contributed by atoms with E-state index in [1.54, 1.807) is 13.1 Å². The van der Waals surface area contributed by atoms with Gasteiger partial charge in [-0.3, -0.25) is 4.79 Å². The van der Waals surface area contributed by atoms with Gasteiger partial charge in [0.05, 0.1) is 0 Å². The van der Waals surface area contributed by atoms with Crippen molar-refractivity contribution in [3.05, 3.63) is 23.9 Å². The first-order valence-electron chi connectivity index (χ1n) is 8.66. The van der Waals surface area contributed by atoms with Crippen LogP contribution in [-0.4, -0.2) is 67.8 Å². The molecule has 0 spiro atoms. The van der Waals surface area contributed by atoms with Crippen LogP contribution in [0.4, 0.5) is 5.82 Å². The Morgan fingerprint density at radius 2 is 1.84 bits per heavy atom. The molecule has 1 N–H and O–H groups in total. The number of rotatable bonds is 5. The molecule has 1 aromatic rings. The van der Waals surface area contributed by atoms with Gasteiger partial charge in [0.2, 0.25) is 5.91 Å². The Labute approximate surface area is 149 Å². The molecule has 25 heavy (non-hydrogen) atoms. The highest BCUT2D eigenvalue weighted by atomic mass is 32.2. The Morgan fingerprint density at radius 3 is 2.48 bits per heavy atom. The first-order valence-corrected chi connectivity index (χ1v) is 10.1. The third kappa shape index (κ3) is 4.28. The molecule has 0 unspecified atom stereocenters. The molecule has 8 nitrogen and oxygen atoms in total. The Balaban J connectivity index is 1.66. The van der Waals surface area contributed by atoms with Gasteiger partial charge in [-0.05, 0) is 18.9 Å². The monoisotopic (exact) mass is 367 g/mol. The second kappa shape index (κ2) is 7.67. The molecular weight excluding hydrogens is 342 g/mol. The van der Waals surface area contributed by atoms with Gasteiger partial charge in [0.15, 0.2) is 0 Å². The minimum atomic E-state index is -3.44. The zero-order valence-corrected chi connectivity index (χ0v) is 15.3. The summed E-state index contributed by atoms with van der Waals surface area (Å²) in [6.07, 6.45) is 3.55. The first-order chi connectivity index (χ1) is 12.0. The second-order valence-electron chi connectivity index (χ2n) is 6.41. The summed E-state index contributed by atoms with van der Waals surface area (Å²) in [6.45, 7) is 5.68. The number of aromatic nitrogens is 1. The number of nitrogens with zero attached hydrogens (tertiary/aromatic N) is 4. The van der Waals surface area contributed by atoms with Crippen molar-refractivity contribution in [2.45, 2.75) is 26.3 Å². The van der Waals surface area contributed by atoms with E-state index in [-0.39, 0.29) is 12.5 Å². The maximum Gasteiger partial charge on any atom is 0.279 e. The lowest BCUT2D eigenvalue weighted by Crippen LogP contribution is -2.48. The second-order valence-corrected chi connectivity index (χ2v) is 8.17. The van der Waals surface area contributed by atoms with Crippen LogP contribution in [0.1, 0.15) is 25.3 Å². The van der Waals surface area contributed by atoms with Crippen LogP contribution in [-0.2, 0) is 21.5 Å². The van der Waals surface area contributed by atoms with E-state index in [4.69, 9.17) is 0 Å². The molecule has 1 amide bonds. The maximum absolute atomic E-state index is 12.3. The van der Waals surface area contributed by atoms with Crippen molar-refractivity contribution in [3.8, 4) is 0 Å². The third-order valence-corrected chi connectivity index (χ3v) is 6.30. The number of piperazine rings is 1. The van der Waals surface area contributed by atoms with E-state index < -0.39 is 10.2 Å². The highest BCUT2D eigenvalue weighted by molar-refractivity contribution is 7.87. The van der Waals surface area contributed by atoms with Crippen molar-refractivity contribution in [1.82, 2.24) is 18.9 Å². The molecule has 0 bridgehead atoms. The average molecular weight is 367 g/mol. The Morgan fingerprint density at radius 1 is 1.16 bits per heavy atom. The van der Waals surface area contributed by atoms with E-state index in [9.17, 15) is 13.2 Å². The minimum absolute atomic E-state index is 0.0827. The topological polar surface area (TPSA) is 85.9 Å². The van der Waals surface area contributed by atoms with Crippen molar-refractivity contribution in [3.63, 3.8) is 0 Å². The molecule has 2 fully saturated rings. The normalized spacial score (nSPS) is 19.4. The summed E-state index contributed by atoms with van der Waals surface area (Å²) in [5.41, 5.74) is 0.849. The van der Waals surface area contributed by atoms with Crippen molar-refractivity contribution in [2.24, 2.45) is 0 Å². The van der Waals surface area contributed by atoms with E-state index in [0.29, 0.717) is 39.3 Å². The van der Waals surface area contributed by atoms with Crippen molar-refractivity contribution >= 4 is 21.9 Å². The number of hydrogen-bond acceptors (Lipinski definition) is 5. The molecule has 9 heteroatoms. The summed E-state index contributed by atoms with van der Waals surface area (Å²) in [4.78, 5) is 19.8. The Kier molecular flexibility index (Phi) is 5.55. The third-order valence-electron chi connectivity index (χ3n) is 4.74. The summed E-state index contributed by atoms with van der Waals surface area (Å²) in [7, 11) is -3.44. The van der Waals surface area contributed by atoms with E-state index in [0.717, 1.165) is 24.2 Å². The van der Waals surface area contributed by atoms with Crippen LogP contribution in [0.5, 0.6) is 0 Å². The fourth-order valence-corrected chi connectivity index (χ4v) is 4.53. The summed E-state index contributed by atoms with van der Waals surface area (Å²) < 4.78 is 28.9. The highest BCUT2D eigenvalue weighted by Gasteiger charge is 2.26. The predicted octanol–water partition coefficient (Wildman–Crippen LogP) is 0.180. The van der Waals surface area contributed by atoms with Gasteiger partial charge in [-0.2, -0.15) is 17.4 Å². The van der Waals surface area contributed by atoms with Gasteiger partial charge in [-0.15, -0.1) is 0 Å². The quantitative estimate of drug-likeness (QED) is 0.802. The fraction of sp³-hybridized carbons (Fsp3) is 0.625. The predicted molar refractivity (Wildman–Crippen MR) is 95.3 cm³/mol. The number of amides is 1. The molecule has 2 aliphatic rings.